The van der Waals surface area contributed by atoms with Gasteiger partial charge in [-0.25, -0.2) is 0 Å². The van der Waals surface area contributed by atoms with Crippen LogP contribution in [0.2, 0.25) is 0 Å². The first-order chi connectivity index (χ1) is 7.74. The number of hydrogen-bond acceptors (Lipinski definition) is 3. The van der Waals surface area contributed by atoms with Crippen molar-refractivity contribution >= 4 is 11.5 Å². The molecule has 3 N–H and O–H groups in total. The Balaban J connectivity index is 2.59. The van der Waals surface area contributed by atoms with Gasteiger partial charge in [-0.1, -0.05) is 18.2 Å². The number of para-hydroxylation sites is 1. The Bertz CT molecular complexity index is 313. The second-order valence-electron chi connectivity index (χ2n) is 3.59. The van der Waals surface area contributed by atoms with E-state index in [-0.39, 0.29) is 5.84 Å². The van der Waals surface area contributed by atoms with E-state index in [1.165, 1.54) is 0 Å². The van der Waals surface area contributed by atoms with E-state index >= 15 is 0 Å². The third-order valence-corrected chi connectivity index (χ3v) is 2.34. The highest BCUT2D eigenvalue weighted by Crippen LogP contribution is 2.12. The zero-order valence-corrected chi connectivity index (χ0v) is 9.65. The molecule has 4 nitrogen and oxygen atoms in total. The summed E-state index contributed by atoms with van der Waals surface area (Å²) >= 11 is 0. The lowest BCUT2D eigenvalue weighted by atomic mass is 10.2. The van der Waals surface area contributed by atoms with Crippen molar-refractivity contribution in [1.29, 1.82) is 5.41 Å². The number of benzene rings is 1. The second-order valence-corrected chi connectivity index (χ2v) is 3.59. The normalized spacial score (nSPS) is 10.1. The van der Waals surface area contributed by atoms with Crippen LogP contribution < -0.4 is 10.6 Å². The highest BCUT2D eigenvalue weighted by molar-refractivity contribution is 5.77. The number of methoxy groups -OCH3 is 1. The highest BCUT2D eigenvalue weighted by atomic mass is 16.5. The summed E-state index contributed by atoms with van der Waals surface area (Å²) in [5.74, 6) is 0.221. The summed E-state index contributed by atoms with van der Waals surface area (Å²) in [6.07, 6.45) is 0.582. The molecule has 0 aliphatic rings. The number of nitrogens with two attached hydrogens (primary N) is 1. The van der Waals surface area contributed by atoms with Gasteiger partial charge in [0, 0.05) is 32.3 Å². The molecule has 0 atom stereocenters. The molecule has 1 aromatic rings. The quantitative estimate of drug-likeness (QED) is 0.541. The Morgan fingerprint density at radius 2 is 2.00 bits per heavy atom. The van der Waals surface area contributed by atoms with E-state index in [0.717, 1.165) is 18.8 Å². The molecule has 0 bridgehead atoms. The molecule has 0 radical (unpaired) electrons. The van der Waals surface area contributed by atoms with E-state index in [2.05, 4.69) is 17.0 Å². The van der Waals surface area contributed by atoms with Gasteiger partial charge in [0.1, 0.15) is 0 Å². The number of rotatable bonds is 7. The molecule has 0 amide bonds. The van der Waals surface area contributed by atoms with Crippen LogP contribution in [-0.4, -0.2) is 32.6 Å². The van der Waals surface area contributed by atoms with Gasteiger partial charge in [0.15, 0.2) is 0 Å². The number of ether oxygens (including phenoxy) is 1. The van der Waals surface area contributed by atoms with Crippen LogP contribution >= 0.6 is 0 Å². The van der Waals surface area contributed by atoms with Crippen molar-refractivity contribution in [2.45, 2.75) is 6.42 Å². The van der Waals surface area contributed by atoms with Crippen LogP contribution in [0, 0.1) is 5.41 Å². The minimum Gasteiger partial charge on any atom is -0.388 e. The third-order valence-electron chi connectivity index (χ3n) is 2.34. The van der Waals surface area contributed by atoms with Crippen molar-refractivity contribution in [3.8, 4) is 0 Å². The van der Waals surface area contributed by atoms with Crippen molar-refractivity contribution in [1.82, 2.24) is 0 Å². The van der Waals surface area contributed by atoms with Gasteiger partial charge in [0.2, 0.25) is 0 Å². The Kier molecular flexibility index (Phi) is 5.36. The van der Waals surface area contributed by atoms with E-state index in [1.54, 1.807) is 7.11 Å². The molecule has 0 saturated carbocycles. The van der Waals surface area contributed by atoms with Gasteiger partial charge in [-0.15, -0.1) is 0 Å². The maximum atomic E-state index is 7.25. The van der Waals surface area contributed by atoms with Crippen LogP contribution in [0.1, 0.15) is 6.42 Å². The largest absolute Gasteiger partial charge is 0.388 e. The van der Waals surface area contributed by atoms with Gasteiger partial charge in [-0.05, 0) is 12.1 Å². The molecule has 0 heterocycles. The Morgan fingerprint density at radius 1 is 1.31 bits per heavy atom. The summed E-state index contributed by atoms with van der Waals surface area (Å²) in [4.78, 5) is 2.17. The maximum absolute atomic E-state index is 7.25. The predicted octanol–water partition coefficient (Wildman–Crippen LogP) is 1.47. The predicted molar refractivity (Wildman–Crippen MR) is 67.1 cm³/mol. The van der Waals surface area contributed by atoms with Crippen LogP contribution in [0.4, 0.5) is 5.69 Å². The van der Waals surface area contributed by atoms with Crippen LogP contribution in [-0.2, 0) is 4.74 Å². The Labute approximate surface area is 96.5 Å². The average molecular weight is 221 g/mol. The summed E-state index contributed by atoms with van der Waals surface area (Å²) in [7, 11) is 1.69. The van der Waals surface area contributed by atoms with Crippen molar-refractivity contribution in [3.05, 3.63) is 30.3 Å². The van der Waals surface area contributed by atoms with Crippen molar-refractivity contribution in [2.75, 3.05) is 31.7 Å². The minimum atomic E-state index is 0.221. The molecule has 16 heavy (non-hydrogen) atoms. The summed E-state index contributed by atoms with van der Waals surface area (Å²) in [5.41, 5.74) is 6.51. The van der Waals surface area contributed by atoms with E-state index in [1.807, 2.05) is 18.2 Å². The van der Waals surface area contributed by atoms with E-state index in [4.69, 9.17) is 15.9 Å². The number of hydrogen-bond donors (Lipinski definition) is 2. The van der Waals surface area contributed by atoms with E-state index in [9.17, 15) is 0 Å². The number of anilines is 1. The molecule has 0 aliphatic carbocycles. The van der Waals surface area contributed by atoms with Crippen LogP contribution in [0.15, 0.2) is 30.3 Å². The molecule has 1 aromatic carbocycles. The molecule has 1 rings (SSSR count). The van der Waals surface area contributed by atoms with Crippen molar-refractivity contribution < 1.29 is 4.74 Å². The molecule has 88 valence electrons. The zero-order chi connectivity index (χ0) is 11.8. The number of nitrogens with one attached hydrogen (secondary N) is 1. The molecule has 4 heteroatoms. The highest BCUT2D eigenvalue weighted by Gasteiger charge is 2.05. The van der Waals surface area contributed by atoms with Crippen molar-refractivity contribution in [2.24, 2.45) is 5.73 Å². The third kappa shape index (κ3) is 4.31. The topological polar surface area (TPSA) is 62.3 Å². The van der Waals surface area contributed by atoms with Gasteiger partial charge in [-0.2, -0.15) is 0 Å². The smallest absolute Gasteiger partial charge is 0.0923 e. The first-order valence-electron chi connectivity index (χ1n) is 5.36. The summed E-state index contributed by atoms with van der Waals surface area (Å²) in [6.45, 7) is 2.24. The molecule has 0 unspecified atom stereocenters. The van der Waals surface area contributed by atoms with Crippen LogP contribution in [0.5, 0.6) is 0 Å². The minimum absolute atomic E-state index is 0.221. The molecular formula is C12H19N3O. The van der Waals surface area contributed by atoms with Gasteiger partial charge < -0.3 is 15.4 Å². The van der Waals surface area contributed by atoms with E-state index < -0.39 is 0 Å². The summed E-state index contributed by atoms with van der Waals surface area (Å²) in [6, 6.07) is 10.1. The lowest BCUT2D eigenvalue weighted by molar-refractivity contribution is 0.205. The maximum Gasteiger partial charge on any atom is 0.0923 e. The summed E-state index contributed by atoms with van der Waals surface area (Å²) in [5, 5.41) is 7.25. The molecule has 0 aliphatic heterocycles. The Hall–Kier alpha value is -1.55. The Morgan fingerprint density at radius 3 is 2.56 bits per heavy atom. The fraction of sp³-hybridized carbons (Fsp3) is 0.417. The zero-order valence-electron chi connectivity index (χ0n) is 9.65. The molecular weight excluding hydrogens is 202 g/mol. The number of amidine groups is 1. The van der Waals surface area contributed by atoms with Gasteiger partial charge in [0.05, 0.1) is 12.4 Å². The lowest BCUT2D eigenvalue weighted by Crippen LogP contribution is -2.30. The fourth-order valence-electron chi connectivity index (χ4n) is 1.47. The average Bonchev–Trinajstić information content (AvgIpc) is 2.30. The second kappa shape index (κ2) is 6.85. The monoisotopic (exact) mass is 221 g/mol. The fourth-order valence-corrected chi connectivity index (χ4v) is 1.47. The van der Waals surface area contributed by atoms with E-state index in [0.29, 0.717) is 13.0 Å². The standard InChI is InChI=1S/C12H19N3O/c1-16-10-9-15(8-7-12(13)14)11-5-3-2-4-6-11/h2-6H,7-10H2,1H3,(H3,13,14). The van der Waals surface area contributed by atoms with Gasteiger partial charge in [-0.3, -0.25) is 5.41 Å². The van der Waals surface area contributed by atoms with Crippen molar-refractivity contribution in [3.63, 3.8) is 0 Å². The molecule has 0 aromatic heterocycles. The molecule has 0 spiro atoms. The first kappa shape index (κ1) is 12.5. The molecule has 0 fully saturated rings. The lowest BCUT2D eigenvalue weighted by Gasteiger charge is -2.24. The van der Waals surface area contributed by atoms with Crippen LogP contribution in [0.25, 0.3) is 0 Å². The number of nitrogens with zero attached hydrogens (tertiary/aromatic N) is 1. The van der Waals surface area contributed by atoms with Crippen LogP contribution in [0.3, 0.4) is 0 Å². The summed E-state index contributed by atoms with van der Waals surface area (Å²) < 4.78 is 5.07. The van der Waals surface area contributed by atoms with Gasteiger partial charge in [0.25, 0.3) is 0 Å². The SMILES string of the molecule is COCCN(CCC(=N)N)c1ccccc1. The van der Waals surface area contributed by atoms with Gasteiger partial charge >= 0.3 is 0 Å². The molecule has 0 saturated heterocycles. The first-order valence-corrected chi connectivity index (χ1v) is 5.36.